The van der Waals surface area contributed by atoms with E-state index in [9.17, 15) is 4.79 Å². The summed E-state index contributed by atoms with van der Waals surface area (Å²) in [4.78, 5) is 19.1. The van der Waals surface area contributed by atoms with Gasteiger partial charge in [-0.15, -0.1) is 0 Å². The lowest BCUT2D eigenvalue weighted by molar-refractivity contribution is -0.173. The van der Waals surface area contributed by atoms with Crippen molar-refractivity contribution in [1.82, 2.24) is 9.80 Å². The van der Waals surface area contributed by atoms with E-state index in [1.165, 1.54) is 12.8 Å². The van der Waals surface area contributed by atoms with E-state index in [0.717, 1.165) is 56.0 Å². The molecule has 1 amide bonds. The lowest BCUT2D eigenvalue weighted by Gasteiger charge is -2.50. The summed E-state index contributed by atoms with van der Waals surface area (Å²) in [5.74, 6) is 0.877. The predicted octanol–water partition coefficient (Wildman–Crippen LogP) is 5.90. The van der Waals surface area contributed by atoms with Crippen molar-refractivity contribution in [1.29, 1.82) is 0 Å². The number of likely N-dealkylation sites (N-methyl/N-ethyl adjacent to an activating group) is 1. The second-order valence-electron chi connectivity index (χ2n) is 12.8. The number of carbonyl (C=O) groups excluding carboxylic acids is 1. The maximum Gasteiger partial charge on any atom is 0.410 e. The van der Waals surface area contributed by atoms with Gasteiger partial charge in [0.15, 0.2) is 0 Å². The Morgan fingerprint density at radius 1 is 0.974 bits per heavy atom. The summed E-state index contributed by atoms with van der Waals surface area (Å²) in [5, 5.41) is 0. The fourth-order valence-electron chi connectivity index (χ4n) is 6.05. The zero-order valence-corrected chi connectivity index (χ0v) is 24.3. The Labute approximate surface area is 234 Å². The fourth-order valence-corrected chi connectivity index (χ4v) is 6.05. The third-order valence-electron chi connectivity index (χ3n) is 8.11. The van der Waals surface area contributed by atoms with Gasteiger partial charge in [-0.3, -0.25) is 0 Å². The molecular weight excluding hydrogens is 490 g/mol. The summed E-state index contributed by atoms with van der Waals surface area (Å²) in [6.07, 6.45) is 4.58. The van der Waals surface area contributed by atoms with Crippen LogP contribution in [0.2, 0.25) is 0 Å². The molecule has 2 spiro atoms. The summed E-state index contributed by atoms with van der Waals surface area (Å²) in [6, 6.07) is 18.6. The normalized spacial score (nSPS) is 21.0. The summed E-state index contributed by atoms with van der Waals surface area (Å²) in [5.41, 5.74) is 1.78. The Kier molecular flexibility index (Phi) is 7.84. The highest BCUT2D eigenvalue weighted by Crippen LogP contribution is 2.49. The van der Waals surface area contributed by atoms with Gasteiger partial charge in [-0.2, -0.15) is 0 Å². The number of rotatable bonds is 7. The second-order valence-corrected chi connectivity index (χ2v) is 12.8. The van der Waals surface area contributed by atoms with Crippen LogP contribution in [0, 0.1) is 0 Å². The monoisotopic (exact) mass is 535 g/mol. The van der Waals surface area contributed by atoms with Crippen molar-refractivity contribution in [3.63, 3.8) is 0 Å². The molecule has 0 radical (unpaired) electrons. The first-order chi connectivity index (χ1) is 18.6. The van der Waals surface area contributed by atoms with Gasteiger partial charge < -0.3 is 28.9 Å². The molecule has 2 aliphatic heterocycles. The Hall–Kier alpha value is -2.77. The van der Waals surface area contributed by atoms with E-state index < -0.39 is 5.60 Å². The molecule has 2 heterocycles. The van der Waals surface area contributed by atoms with Crippen LogP contribution >= 0.6 is 0 Å². The van der Waals surface area contributed by atoms with E-state index in [-0.39, 0.29) is 23.4 Å². The number of amides is 1. The van der Waals surface area contributed by atoms with Gasteiger partial charge in [-0.1, -0.05) is 42.5 Å². The summed E-state index contributed by atoms with van der Waals surface area (Å²) < 4.78 is 19.1. The van der Waals surface area contributed by atoms with Crippen LogP contribution in [-0.4, -0.2) is 79.5 Å². The molecular formula is C32H45N3O4. The van der Waals surface area contributed by atoms with Crippen LogP contribution in [-0.2, 0) is 9.47 Å². The number of anilines is 1. The van der Waals surface area contributed by atoms with Crippen LogP contribution < -0.4 is 9.64 Å². The van der Waals surface area contributed by atoms with E-state index in [1.807, 2.05) is 45.0 Å². The summed E-state index contributed by atoms with van der Waals surface area (Å²) >= 11 is 0. The molecule has 1 unspecified atom stereocenters. The molecule has 0 N–H and O–H groups in total. The average Bonchev–Trinajstić information content (AvgIpc) is 3.63. The lowest BCUT2D eigenvalue weighted by atomic mass is 9.88. The Morgan fingerprint density at radius 2 is 1.59 bits per heavy atom. The minimum atomic E-state index is -0.524. The van der Waals surface area contributed by atoms with Gasteiger partial charge in [-0.05, 0) is 71.2 Å². The molecule has 0 bridgehead atoms. The van der Waals surface area contributed by atoms with Crippen molar-refractivity contribution in [3.05, 3.63) is 60.2 Å². The summed E-state index contributed by atoms with van der Waals surface area (Å²) in [7, 11) is 4.02. The number of piperidine rings is 1. The molecule has 1 aliphatic carbocycles. The minimum absolute atomic E-state index is 0.0331. The number of nitrogens with zero attached hydrogens (tertiary/aromatic N) is 3. The third-order valence-corrected chi connectivity index (χ3v) is 8.11. The maximum absolute atomic E-state index is 12.6. The first-order valence-corrected chi connectivity index (χ1v) is 14.4. The molecule has 0 aromatic heterocycles. The number of carbonyl (C=O) groups is 1. The highest BCUT2D eigenvalue weighted by molar-refractivity contribution is 5.67. The highest BCUT2D eigenvalue weighted by Gasteiger charge is 2.55. The minimum Gasteiger partial charge on any atom is -0.483 e. The smallest absolute Gasteiger partial charge is 0.410 e. The van der Waals surface area contributed by atoms with Crippen LogP contribution in [0.15, 0.2) is 54.6 Å². The average molecular weight is 536 g/mol. The fraction of sp³-hybridized carbons (Fsp3) is 0.594. The van der Waals surface area contributed by atoms with Gasteiger partial charge in [0.25, 0.3) is 0 Å². The van der Waals surface area contributed by atoms with Gasteiger partial charge in [-0.25, -0.2) is 4.79 Å². The van der Waals surface area contributed by atoms with Gasteiger partial charge in [0.05, 0.1) is 16.9 Å². The topological polar surface area (TPSA) is 54.5 Å². The molecule has 2 aromatic rings. The molecule has 1 saturated carbocycles. The van der Waals surface area contributed by atoms with E-state index in [2.05, 4.69) is 47.2 Å². The molecule has 7 heteroatoms. The second kappa shape index (κ2) is 11.0. The van der Waals surface area contributed by atoms with Crippen molar-refractivity contribution in [3.8, 4) is 5.75 Å². The number of morpholine rings is 1. The molecule has 39 heavy (non-hydrogen) atoms. The van der Waals surface area contributed by atoms with Crippen LogP contribution in [0.25, 0.3) is 0 Å². The SMILES string of the molecule is CN1CC2(CCN(c3ccccc3OC(CCN(C)C(=O)OC(C)(C)C)c3ccccc3)CC2)OC2(CC2)C1. The zero-order valence-electron chi connectivity index (χ0n) is 24.3. The zero-order chi connectivity index (χ0) is 27.7. The number of ether oxygens (including phenoxy) is 3. The molecule has 2 saturated heterocycles. The lowest BCUT2D eigenvalue weighted by Crippen LogP contribution is -2.59. The molecule has 3 fully saturated rings. The molecule has 3 aliphatic rings. The van der Waals surface area contributed by atoms with Gasteiger partial charge >= 0.3 is 6.09 Å². The van der Waals surface area contributed by atoms with Crippen LogP contribution in [0.4, 0.5) is 10.5 Å². The Bertz CT molecular complexity index is 1120. The quantitative estimate of drug-likeness (QED) is 0.440. The molecule has 7 nitrogen and oxygen atoms in total. The highest BCUT2D eigenvalue weighted by atomic mass is 16.6. The van der Waals surface area contributed by atoms with Crippen molar-refractivity contribution in [2.45, 2.75) is 75.8 Å². The van der Waals surface area contributed by atoms with Gasteiger partial charge in [0.2, 0.25) is 0 Å². The van der Waals surface area contributed by atoms with Crippen LogP contribution in [0.3, 0.4) is 0 Å². The number of hydrogen-bond donors (Lipinski definition) is 0. The standard InChI is InChI=1S/C32H45N3O4/c1-30(2,3)38-29(36)34(5)20-15-27(25-11-7-6-8-12-25)37-28-14-10-9-13-26(28)35-21-18-32(19-22-35)24-33(4)23-31(39-32)16-17-31/h6-14,27H,15-24H2,1-5H3. The first kappa shape index (κ1) is 27.8. The van der Waals surface area contributed by atoms with E-state index in [4.69, 9.17) is 14.2 Å². The van der Waals surface area contributed by atoms with Crippen LogP contribution in [0.5, 0.6) is 5.75 Å². The molecule has 5 rings (SSSR count). The third kappa shape index (κ3) is 6.87. The van der Waals surface area contributed by atoms with Crippen LogP contribution in [0.1, 0.15) is 64.5 Å². The first-order valence-electron chi connectivity index (χ1n) is 14.4. The van der Waals surface area contributed by atoms with Crippen molar-refractivity contribution >= 4 is 11.8 Å². The molecule has 1 atom stereocenters. The van der Waals surface area contributed by atoms with E-state index in [1.54, 1.807) is 11.9 Å². The van der Waals surface area contributed by atoms with Crippen molar-refractivity contribution in [2.75, 3.05) is 51.7 Å². The number of para-hydroxylation sites is 2. The number of benzene rings is 2. The maximum atomic E-state index is 12.6. The van der Waals surface area contributed by atoms with E-state index >= 15 is 0 Å². The Balaban J connectivity index is 1.28. The summed E-state index contributed by atoms with van der Waals surface area (Å²) in [6.45, 7) is 10.2. The largest absolute Gasteiger partial charge is 0.483 e. The van der Waals surface area contributed by atoms with Crippen molar-refractivity contribution < 1.29 is 19.0 Å². The Morgan fingerprint density at radius 3 is 2.23 bits per heavy atom. The van der Waals surface area contributed by atoms with E-state index in [0.29, 0.717) is 13.0 Å². The predicted molar refractivity (Wildman–Crippen MR) is 154 cm³/mol. The van der Waals surface area contributed by atoms with Gasteiger partial charge in [0.1, 0.15) is 17.5 Å². The van der Waals surface area contributed by atoms with Crippen molar-refractivity contribution in [2.24, 2.45) is 0 Å². The molecule has 2 aromatic carbocycles. The van der Waals surface area contributed by atoms with Gasteiger partial charge in [0, 0.05) is 46.2 Å². The molecule has 212 valence electrons. The number of hydrogen-bond acceptors (Lipinski definition) is 6.